The topological polar surface area (TPSA) is 157 Å². The van der Waals surface area contributed by atoms with E-state index < -0.39 is 27.7 Å². The van der Waals surface area contributed by atoms with Crippen molar-refractivity contribution in [2.75, 3.05) is 36.8 Å². The molecule has 6 rings (SSSR count). The number of pyridine rings is 1. The summed E-state index contributed by atoms with van der Waals surface area (Å²) in [6.45, 7) is 2.53. The molecule has 3 aromatic heterocycles. The van der Waals surface area contributed by atoms with Gasteiger partial charge in [-0.3, -0.25) is 9.52 Å². The van der Waals surface area contributed by atoms with Gasteiger partial charge in [-0.25, -0.2) is 14.1 Å². The second-order valence-electron chi connectivity index (χ2n) is 10.1. The van der Waals surface area contributed by atoms with Gasteiger partial charge in [0.15, 0.2) is 0 Å². The maximum Gasteiger partial charge on any atom is 0.301 e. The number of halogens is 2. The number of alkyl halides is 1. The third-order valence-electron chi connectivity index (χ3n) is 7.10. The fraction of sp³-hybridized carbons (Fsp3) is 0.250. The SMILES string of the molecule is Cc1cc(OC2(F)C=CC=CC2)ncc1-n1ncc(C(=O)c2cc3cc(F)c(NS(=O)(=O)N4CCOCC4)cc3[nH]2)c1N. The van der Waals surface area contributed by atoms with Gasteiger partial charge in [0.2, 0.25) is 11.7 Å². The number of hydrogen-bond donors (Lipinski definition) is 3. The maximum absolute atomic E-state index is 14.9. The predicted octanol–water partition coefficient (Wildman–Crippen LogP) is 3.56. The first-order valence-corrected chi connectivity index (χ1v) is 14.7. The van der Waals surface area contributed by atoms with E-state index in [1.54, 1.807) is 31.2 Å². The lowest BCUT2D eigenvalue weighted by atomic mass is 10.1. The first-order valence-electron chi connectivity index (χ1n) is 13.3. The van der Waals surface area contributed by atoms with Crippen LogP contribution in [-0.4, -0.2) is 70.4 Å². The number of nitrogens with two attached hydrogens (primary N) is 1. The summed E-state index contributed by atoms with van der Waals surface area (Å²) in [5, 5.41) is 4.60. The number of hydrogen-bond acceptors (Lipinski definition) is 8. The number of nitrogens with one attached hydrogen (secondary N) is 2. The van der Waals surface area contributed by atoms with Gasteiger partial charge in [-0.1, -0.05) is 18.2 Å². The molecule has 1 atom stereocenters. The average Bonchev–Trinajstić information content (AvgIpc) is 3.56. The number of carbonyl (C=O) groups excluding carboxylic acids is 1. The summed E-state index contributed by atoms with van der Waals surface area (Å²) in [6.07, 6.45) is 9.01. The van der Waals surface area contributed by atoms with E-state index in [9.17, 15) is 22.0 Å². The van der Waals surface area contributed by atoms with Crippen molar-refractivity contribution >= 4 is 38.4 Å². The van der Waals surface area contributed by atoms with E-state index in [0.717, 1.165) is 6.07 Å². The minimum atomic E-state index is -4.01. The molecular formula is C28H27F2N7O5S. The van der Waals surface area contributed by atoms with Gasteiger partial charge < -0.3 is 20.2 Å². The van der Waals surface area contributed by atoms with Crippen molar-refractivity contribution < 1.29 is 31.5 Å². The van der Waals surface area contributed by atoms with Gasteiger partial charge in [0.05, 0.1) is 48.2 Å². The number of allylic oxidation sites excluding steroid dienone is 2. The molecule has 0 saturated carbocycles. The van der Waals surface area contributed by atoms with Gasteiger partial charge in [0.25, 0.3) is 5.85 Å². The molecule has 4 heterocycles. The Morgan fingerprint density at radius 1 is 1.19 bits per heavy atom. The van der Waals surface area contributed by atoms with E-state index in [1.165, 1.54) is 39.6 Å². The minimum absolute atomic E-state index is 0.0229. The molecule has 4 aromatic rings. The molecule has 12 nitrogen and oxygen atoms in total. The predicted molar refractivity (Wildman–Crippen MR) is 154 cm³/mol. The molecule has 0 radical (unpaired) electrons. The number of aryl methyl sites for hydroxylation is 1. The van der Waals surface area contributed by atoms with Crippen LogP contribution in [-0.2, 0) is 14.9 Å². The Morgan fingerprint density at radius 2 is 1.98 bits per heavy atom. The van der Waals surface area contributed by atoms with E-state index in [4.69, 9.17) is 15.2 Å². The average molecular weight is 612 g/mol. The maximum atomic E-state index is 14.9. The Hall–Kier alpha value is -4.60. The van der Waals surface area contributed by atoms with Crippen molar-refractivity contribution in [1.29, 1.82) is 0 Å². The van der Waals surface area contributed by atoms with Gasteiger partial charge in [-0.15, -0.1) is 0 Å². The van der Waals surface area contributed by atoms with Crippen molar-refractivity contribution in [3.05, 3.63) is 83.6 Å². The number of nitrogen functional groups attached to an aromatic ring is 1. The van der Waals surface area contributed by atoms with E-state index in [2.05, 4.69) is 19.8 Å². The first kappa shape index (κ1) is 28.5. The highest BCUT2D eigenvalue weighted by Crippen LogP contribution is 2.30. The van der Waals surface area contributed by atoms with E-state index in [0.29, 0.717) is 22.2 Å². The molecule has 4 N–H and O–H groups in total. The second-order valence-corrected chi connectivity index (χ2v) is 11.8. The van der Waals surface area contributed by atoms with Crippen molar-refractivity contribution in [2.24, 2.45) is 0 Å². The molecule has 1 aliphatic carbocycles. The number of fused-ring (bicyclic) bond motifs is 1. The lowest BCUT2D eigenvalue weighted by molar-refractivity contribution is -0.0166. The van der Waals surface area contributed by atoms with Gasteiger partial charge >= 0.3 is 10.2 Å². The Morgan fingerprint density at radius 3 is 2.70 bits per heavy atom. The fourth-order valence-corrected chi connectivity index (χ4v) is 6.03. The Bertz CT molecular complexity index is 1900. The summed E-state index contributed by atoms with van der Waals surface area (Å²) in [6, 6.07) is 5.40. The number of anilines is 2. The third-order valence-corrected chi connectivity index (χ3v) is 8.62. The summed E-state index contributed by atoms with van der Waals surface area (Å²) in [4.78, 5) is 20.5. The highest BCUT2D eigenvalue weighted by Gasteiger charge is 2.30. The number of rotatable bonds is 8. The largest absolute Gasteiger partial charge is 0.437 e. The summed E-state index contributed by atoms with van der Waals surface area (Å²) in [5.74, 6) is -3.23. The van der Waals surface area contributed by atoms with Gasteiger partial charge in [0.1, 0.15) is 11.6 Å². The standard InChI is InChI=1S/C28H27F2N7O5S/c1-17-11-25(42-28(30)5-3-2-4-6-28)32-16-24(17)37-27(31)19(15-33-37)26(38)23-13-18-12-20(29)22(14-21(18)34-23)35-43(39,40)36-7-9-41-10-8-36/h2-5,11-16,34-35H,6-10,31H2,1H3. The fourth-order valence-electron chi connectivity index (χ4n) is 4.84. The van der Waals surface area contributed by atoms with Crippen LogP contribution in [0.4, 0.5) is 20.3 Å². The molecule has 0 bridgehead atoms. The smallest absolute Gasteiger partial charge is 0.301 e. The van der Waals surface area contributed by atoms with Crippen molar-refractivity contribution in [3.8, 4) is 11.6 Å². The van der Waals surface area contributed by atoms with Crippen LogP contribution in [0.2, 0.25) is 0 Å². The van der Waals surface area contributed by atoms with Crippen LogP contribution in [0.3, 0.4) is 0 Å². The number of aromatic amines is 1. The van der Waals surface area contributed by atoms with Crippen molar-refractivity contribution in [3.63, 3.8) is 0 Å². The molecule has 224 valence electrons. The number of morpholine rings is 1. The molecule has 1 saturated heterocycles. The van der Waals surface area contributed by atoms with Crippen LogP contribution >= 0.6 is 0 Å². The molecule has 1 unspecified atom stereocenters. The zero-order chi connectivity index (χ0) is 30.4. The third kappa shape index (κ3) is 5.61. The number of carbonyl (C=O) groups is 1. The molecular weight excluding hydrogens is 584 g/mol. The van der Waals surface area contributed by atoms with Crippen LogP contribution < -0.4 is 15.2 Å². The van der Waals surface area contributed by atoms with E-state index in [-0.39, 0.29) is 61.4 Å². The number of ether oxygens (including phenoxy) is 2. The summed E-state index contributed by atoms with van der Waals surface area (Å²) >= 11 is 0. The molecule has 15 heteroatoms. The van der Waals surface area contributed by atoms with Gasteiger partial charge in [-0.05, 0) is 36.8 Å². The molecule has 1 fully saturated rings. The minimum Gasteiger partial charge on any atom is -0.437 e. The molecule has 1 aliphatic heterocycles. The number of ketones is 1. The van der Waals surface area contributed by atoms with Crippen molar-refractivity contribution in [1.82, 2.24) is 24.1 Å². The Kier molecular flexibility index (Phi) is 7.23. The highest BCUT2D eigenvalue weighted by molar-refractivity contribution is 7.90. The van der Waals surface area contributed by atoms with E-state index >= 15 is 0 Å². The zero-order valence-electron chi connectivity index (χ0n) is 22.9. The van der Waals surface area contributed by atoms with Crippen LogP contribution in [0.5, 0.6) is 5.88 Å². The van der Waals surface area contributed by atoms with Crippen molar-refractivity contribution in [2.45, 2.75) is 19.2 Å². The van der Waals surface area contributed by atoms with E-state index in [1.807, 2.05) is 0 Å². The second kappa shape index (κ2) is 10.9. The number of benzene rings is 1. The lowest BCUT2D eigenvalue weighted by Gasteiger charge is -2.26. The summed E-state index contributed by atoms with van der Waals surface area (Å²) in [5.41, 5.74) is 7.61. The molecule has 0 amide bonds. The normalized spacial score (nSPS) is 19.1. The Labute approximate surface area is 245 Å². The van der Waals surface area contributed by atoms with Crippen LogP contribution in [0.25, 0.3) is 16.6 Å². The Balaban J connectivity index is 1.23. The van der Waals surface area contributed by atoms with Crippen LogP contribution in [0, 0.1) is 12.7 Å². The van der Waals surface area contributed by atoms with Crippen LogP contribution in [0.15, 0.2) is 61.0 Å². The lowest BCUT2D eigenvalue weighted by Crippen LogP contribution is -2.43. The van der Waals surface area contributed by atoms with Crippen LogP contribution in [0.1, 0.15) is 28.0 Å². The molecule has 1 aromatic carbocycles. The molecule has 0 spiro atoms. The number of nitrogens with zero attached hydrogens (tertiary/aromatic N) is 4. The molecule has 43 heavy (non-hydrogen) atoms. The summed E-state index contributed by atoms with van der Waals surface area (Å²) < 4.78 is 70.6. The quantitative estimate of drug-likeness (QED) is 0.255. The van der Waals surface area contributed by atoms with Gasteiger partial charge in [0, 0.05) is 36.5 Å². The number of H-pyrrole nitrogens is 1. The first-order chi connectivity index (χ1) is 20.5. The number of aromatic nitrogens is 4. The highest BCUT2D eigenvalue weighted by atomic mass is 32.2. The monoisotopic (exact) mass is 611 g/mol. The zero-order valence-corrected chi connectivity index (χ0v) is 23.7. The van der Waals surface area contributed by atoms with Gasteiger partial charge in [-0.2, -0.15) is 22.2 Å². The summed E-state index contributed by atoms with van der Waals surface area (Å²) in [7, 11) is -4.01. The molecule has 2 aliphatic rings.